The molecule has 33 heavy (non-hydrogen) atoms. The van der Waals surface area contributed by atoms with Gasteiger partial charge in [-0.1, -0.05) is 60.5 Å². The van der Waals surface area contributed by atoms with Crippen molar-refractivity contribution in [1.82, 2.24) is 9.88 Å². The van der Waals surface area contributed by atoms with Crippen LogP contribution in [-0.2, 0) is 4.79 Å². The van der Waals surface area contributed by atoms with E-state index in [1.807, 2.05) is 61.7 Å². The fraction of sp³-hybridized carbons (Fsp3) is 0.357. The van der Waals surface area contributed by atoms with Crippen molar-refractivity contribution in [3.05, 3.63) is 99.8 Å². The van der Waals surface area contributed by atoms with Gasteiger partial charge in [-0.15, -0.1) is 0 Å². The van der Waals surface area contributed by atoms with Gasteiger partial charge < -0.3 is 4.90 Å². The summed E-state index contributed by atoms with van der Waals surface area (Å²) in [5.41, 5.74) is 3.40. The predicted molar refractivity (Wildman–Crippen MR) is 135 cm³/mol. The number of hydrogen-bond donors (Lipinski definition) is 0. The average Bonchev–Trinajstić information content (AvgIpc) is 3.64. The third-order valence-electron chi connectivity index (χ3n) is 6.48. The maximum absolute atomic E-state index is 13.2. The molecule has 1 saturated carbocycles. The van der Waals surface area contributed by atoms with E-state index in [0.29, 0.717) is 5.92 Å². The standard InChI is InChI=1S/C21H23ClN2O.C7H7Cl/c1-14-5-12-19(15-8-10-17(22)11-9-15)24(21(14)25)20(16-6-7-16)18-4-2-3-13-23-18;1-6-3-2-4-7(8)5-6/h2-4,8-11,13-14,16,19-20H,5-7,12H2,1H3;2-5H,1H3/t14?,19-,20?;/m0./s1. The van der Waals surface area contributed by atoms with Crippen molar-refractivity contribution in [3.63, 3.8) is 0 Å². The Hall–Kier alpha value is -2.36. The van der Waals surface area contributed by atoms with Gasteiger partial charge >= 0.3 is 0 Å². The average molecular weight is 481 g/mol. The maximum atomic E-state index is 13.2. The molecule has 5 rings (SSSR count). The summed E-state index contributed by atoms with van der Waals surface area (Å²) in [5, 5.41) is 1.54. The number of aromatic nitrogens is 1. The van der Waals surface area contributed by atoms with Crippen LogP contribution in [0.5, 0.6) is 0 Å². The lowest BCUT2D eigenvalue weighted by Gasteiger charge is -2.43. The van der Waals surface area contributed by atoms with Gasteiger partial charge in [0, 0.05) is 22.2 Å². The summed E-state index contributed by atoms with van der Waals surface area (Å²) in [6, 6.07) is 21.9. The summed E-state index contributed by atoms with van der Waals surface area (Å²) in [5.74, 6) is 0.862. The first-order valence-corrected chi connectivity index (χ1v) is 12.4. The Morgan fingerprint density at radius 3 is 2.24 bits per heavy atom. The molecule has 1 amide bonds. The number of carbonyl (C=O) groups is 1. The van der Waals surface area contributed by atoms with E-state index in [9.17, 15) is 4.79 Å². The number of aryl methyl sites for hydroxylation is 1. The van der Waals surface area contributed by atoms with E-state index in [0.717, 1.165) is 28.6 Å². The number of nitrogens with zero attached hydrogens (tertiary/aromatic N) is 2. The highest BCUT2D eigenvalue weighted by atomic mass is 35.5. The van der Waals surface area contributed by atoms with Gasteiger partial charge in [-0.25, -0.2) is 0 Å². The molecular formula is C28H30Cl2N2O. The lowest BCUT2D eigenvalue weighted by atomic mass is 9.86. The Balaban J connectivity index is 0.000000275. The highest BCUT2D eigenvalue weighted by Crippen LogP contribution is 2.49. The monoisotopic (exact) mass is 480 g/mol. The normalized spacial score (nSPS) is 21.2. The van der Waals surface area contributed by atoms with Crippen LogP contribution in [0.25, 0.3) is 0 Å². The summed E-state index contributed by atoms with van der Waals surface area (Å²) in [4.78, 5) is 19.9. The molecule has 3 atom stereocenters. The number of piperidine rings is 1. The molecule has 0 N–H and O–H groups in total. The first kappa shape index (κ1) is 23.8. The van der Waals surface area contributed by atoms with E-state index >= 15 is 0 Å². The van der Waals surface area contributed by atoms with Crippen molar-refractivity contribution >= 4 is 29.1 Å². The quantitative estimate of drug-likeness (QED) is 0.380. The number of amides is 1. The molecule has 2 aliphatic rings. The summed E-state index contributed by atoms with van der Waals surface area (Å²) in [7, 11) is 0. The van der Waals surface area contributed by atoms with Crippen LogP contribution in [0.3, 0.4) is 0 Å². The number of halogens is 2. The third kappa shape index (κ3) is 5.96. The van der Waals surface area contributed by atoms with Crippen molar-refractivity contribution in [1.29, 1.82) is 0 Å². The fourth-order valence-corrected chi connectivity index (χ4v) is 4.97. The van der Waals surface area contributed by atoms with Crippen molar-refractivity contribution in [3.8, 4) is 0 Å². The zero-order chi connectivity index (χ0) is 23.4. The Morgan fingerprint density at radius 1 is 0.909 bits per heavy atom. The van der Waals surface area contributed by atoms with Crippen LogP contribution in [-0.4, -0.2) is 15.8 Å². The molecular weight excluding hydrogens is 451 g/mol. The molecule has 2 fully saturated rings. The highest BCUT2D eigenvalue weighted by molar-refractivity contribution is 6.30. The first-order chi connectivity index (χ1) is 15.9. The molecule has 1 saturated heterocycles. The van der Waals surface area contributed by atoms with E-state index in [2.05, 4.69) is 35.0 Å². The second-order valence-electron chi connectivity index (χ2n) is 9.13. The molecule has 0 bridgehead atoms. The minimum Gasteiger partial charge on any atom is -0.327 e. The van der Waals surface area contributed by atoms with Gasteiger partial charge in [0.15, 0.2) is 0 Å². The summed E-state index contributed by atoms with van der Waals surface area (Å²) in [6.07, 6.45) is 6.10. The molecule has 1 aliphatic heterocycles. The van der Waals surface area contributed by atoms with Gasteiger partial charge in [0.2, 0.25) is 5.91 Å². The Kier molecular flexibility index (Phi) is 7.72. The Labute approximate surface area is 206 Å². The van der Waals surface area contributed by atoms with E-state index in [1.165, 1.54) is 24.0 Å². The molecule has 3 nitrogen and oxygen atoms in total. The molecule has 2 heterocycles. The smallest absolute Gasteiger partial charge is 0.226 e. The Morgan fingerprint density at radius 2 is 1.67 bits per heavy atom. The molecule has 172 valence electrons. The van der Waals surface area contributed by atoms with Gasteiger partial charge in [-0.05, 0) is 86.1 Å². The van der Waals surface area contributed by atoms with Crippen LogP contribution >= 0.6 is 23.2 Å². The van der Waals surface area contributed by atoms with Crippen LogP contribution < -0.4 is 0 Å². The summed E-state index contributed by atoms with van der Waals surface area (Å²) in [6.45, 7) is 4.07. The molecule has 3 aromatic rings. The number of hydrogen-bond acceptors (Lipinski definition) is 2. The minimum atomic E-state index is 0.0773. The zero-order valence-electron chi connectivity index (χ0n) is 19.1. The van der Waals surface area contributed by atoms with Gasteiger partial charge in [0.1, 0.15) is 0 Å². The first-order valence-electron chi connectivity index (χ1n) is 11.6. The summed E-state index contributed by atoms with van der Waals surface area (Å²) >= 11 is 11.7. The van der Waals surface area contributed by atoms with Crippen molar-refractivity contribution in [2.75, 3.05) is 0 Å². The number of carbonyl (C=O) groups excluding carboxylic acids is 1. The van der Waals surface area contributed by atoms with Crippen LogP contribution in [0.2, 0.25) is 10.0 Å². The second kappa shape index (κ2) is 10.7. The summed E-state index contributed by atoms with van der Waals surface area (Å²) < 4.78 is 0. The lowest BCUT2D eigenvalue weighted by Crippen LogP contribution is -2.45. The van der Waals surface area contributed by atoms with Gasteiger partial charge in [-0.2, -0.15) is 0 Å². The highest BCUT2D eigenvalue weighted by Gasteiger charge is 2.45. The van der Waals surface area contributed by atoms with Gasteiger partial charge in [0.05, 0.1) is 17.8 Å². The molecule has 2 unspecified atom stereocenters. The molecule has 0 spiro atoms. The minimum absolute atomic E-state index is 0.0773. The predicted octanol–water partition coefficient (Wildman–Crippen LogP) is 7.83. The number of likely N-dealkylation sites (tertiary alicyclic amines) is 1. The zero-order valence-corrected chi connectivity index (χ0v) is 20.6. The number of rotatable bonds is 4. The van der Waals surface area contributed by atoms with Gasteiger partial charge in [0.25, 0.3) is 0 Å². The third-order valence-corrected chi connectivity index (χ3v) is 6.97. The lowest BCUT2D eigenvalue weighted by molar-refractivity contribution is -0.145. The van der Waals surface area contributed by atoms with E-state index in [-0.39, 0.29) is 23.9 Å². The van der Waals surface area contributed by atoms with Crippen LogP contribution in [0.15, 0.2) is 72.9 Å². The molecule has 5 heteroatoms. The topological polar surface area (TPSA) is 33.2 Å². The number of benzene rings is 2. The van der Waals surface area contributed by atoms with E-state index in [4.69, 9.17) is 23.2 Å². The van der Waals surface area contributed by atoms with Crippen LogP contribution in [0, 0.1) is 18.8 Å². The molecule has 0 radical (unpaired) electrons. The Bertz CT molecular complexity index is 1050. The van der Waals surface area contributed by atoms with Crippen molar-refractivity contribution in [2.45, 2.75) is 51.6 Å². The van der Waals surface area contributed by atoms with Crippen molar-refractivity contribution < 1.29 is 4.79 Å². The number of pyridine rings is 1. The fourth-order valence-electron chi connectivity index (χ4n) is 4.60. The van der Waals surface area contributed by atoms with E-state index in [1.54, 1.807) is 0 Å². The van der Waals surface area contributed by atoms with Crippen LogP contribution in [0.1, 0.15) is 61.5 Å². The largest absolute Gasteiger partial charge is 0.327 e. The van der Waals surface area contributed by atoms with Gasteiger partial charge in [-0.3, -0.25) is 9.78 Å². The molecule has 1 aromatic heterocycles. The maximum Gasteiger partial charge on any atom is 0.226 e. The van der Waals surface area contributed by atoms with Crippen molar-refractivity contribution in [2.24, 2.45) is 11.8 Å². The molecule has 2 aromatic carbocycles. The van der Waals surface area contributed by atoms with Crippen LogP contribution in [0.4, 0.5) is 0 Å². The SMILES string of the molecule is CC1CC[C@@H](c2ccc(Cl)cc2)N(C(c2ccccn2)C2CC2)C1=O.Cc1cccc(Cl)c1. The second-order valence-corrected chi connectivity index (χ2v) is 10.0. The molecule has 1 aliphatic carbocycles. The van der Waals surface area contributed by atoms with E-state index < -0.39 is 0 Å².